The van der Waals surface area contributed by atoms with Gasteiger partial charge in [0.1, 0.15) is 0 Å². The van der Waals surface area contributed by atoms with Gasteiger partial charge in [0.2, 0.25) is 0 Å². The van der Waals surface area contributed by atoms with Gasteiger partial charge in [0, 0.05) is 5.75 Å². The number of para-hydroxylation sites is 1. The Bertz CT molecular complexity index is 2460. The second-order valence-corrected chi connectivity index (χ2v) is 18.6. The molecular formula is C33H32N3NaO7S4Se. The molecule has 3 heterocycles. The number of allylic oxidation sites excluding steroid dienone is 1. The number of hydrogen-bond acceptors (Lipinski definition) is 10. The van der Waals surface area contributed by atoms with Crippen molar-refractivity contribution >= 4 is 96.2 Å². The summed E-state index contributed by atoms with van der Waals surface area (Å²) in [5.41, 5.74) is 1.87. The van der Waals surface area contributed by atoms with Crippen molar-refractivity contribution in [3.63, 3.8) is 0 Å². The number of fused-ring (bicyclic) bond motifs is 4. The molecular weight excluding hydrogens is 781 g/mol. The van der Waals surface area contributed by atoms with Crippen LogP contribution in [0.1, 0.15) is 30.8 Å². The predicted octanol–water partition coefficient (Wildman–Crippen LogP) is -0.0917. The third-order valence-corrected chi connectivity index (χ3v) is 14.1. The molecule has 1 aliphatic heterocycles. The summed E-state index contributed by atoms with van der Waals surface area (Å²) >= 11 is 2.91. The molecule has 2 aromatic heterocycles. The number of rotatable bonds is 12. The van der Waals surface area contributed by atoms with Gasteiger partial charge in [-0.3, -0.25) is 0 Å². The van der Waals surface area contributed by atoms with E-state index >= 15 is 0 Å². The third kappa shape index (κ3) is 9.08. The molecule has 3 aromatic carbocycles. The summed E-state index contributed by atoms with van der Waals surface area (Å²) < 4.78 is 74.7. The summed E-state index contributed by atoms with van der Waals surface area (Å²) in [7, 11) is -8.62. The van der Waals surface area contributed by atoms with Gasteiger partial charge in [0.15, 0.2) is 0 Å². The monoisotopic (exact) mass is 813 g/mol. The Morgan fingerprint density at radius 2 is 1.61 bits per heavy atom. The van der Waals surface area contributed by atoms with Crippen LogP contribution in [0.2, 0.25) is 0 Å². The SMILES string of the molecule is CCn1c(=Cc2[se]c3ccccc3[n+]2CCCS(=O)(=O)[O-])sc(=CC=C2Sc3c(ccc4ccccc34)N2CCCCS(=O)(=O)[O-])c1=O.[Na+]. The molecule has 0 fully saturated rings. The molecule has 0 amide bonds. The van der Waals surface area contributed by atoms with Crippen molar-refractivity contribution in [2.24, 2.45) is 0 Å². The van der Waals surface area contributed by atoms with E-state index in [0.717, 1.165) is 45.4 Å². The number of thioether (sulfide) groups is 1. The fourth-order valence-electron chi connectivity index (χ4n) is 5.73. The van der Waals surface area contributed by atoms with Gasteiger partial charge in [0.05, 0.1) is 10.1 Å². The number of thiazole rings is 1. The number of aryl methyl sites for hydroxylation is 1. The maximum atomic E-state index is 13.6. The zero-order valence-electron chi connectivity index (χ0n) is 26.9. The minimum Gasteiger partial charge on any atom is 1.00 e. The van der Waals surface area contributed by atoms with Crippen LogP contribution in [0.3, 0.4) is 0 Å². The first kappa shape index (κ1) is 38.2. The normalized spacial score (nSPS) is 15.1. The van der Waals surface area contributed by atoms with Gasteiger partial charge in [0.25, 0.3) is 0 Å². The van der Waals surface area contributed by atoms with Gasteiger partial charge in [-0.1, -0.05) is 18.2 Å². The largest absolute Gasteiger partial charge is 1.00 e. The van der Waals surface area contributed by atoms with E-state index in [1.807, 2.05) is 61.5 Å². The Kier molecular flexibility index (Phi) is 12.6. The van der Waals surface area contributed by atoms with E-state index in [1.165, 1.54) is 11.3 Å². The molecule has 0 spiro atoms. The molecule has 1 aliphatic rings. The fraction of sp³-hybridized carbons (Fsp3) is 0.273. The Labute approximate surface area is 321 Å². The number of benzene rings is 3. The first-order valence-electron chi connectivity index (χ1n) is 15.3. The van der Waals surface area contributed by atoms with Gasteiger partial charge in [-0.15, -0.1) is 0 Å². The molecule has 252 valence electrons. The Balaban J connectivity index is 0.00000468. The third-order valence-electron chi connectivity index (χ3n) is 7.94. The van der Waals surface area contributed by atoms with Crippen LogP contribution in [0.15, 0.2) is 81.5 Å². The van der Waals surface area contributed by atoms with Crippen LogP contribution in [0.5, 0.6) is 0 Å². The molecule has 5 aromatic rings. The maximum absolute atomic E-state index is 13.6. The number of hydrogen-bond donors (Lipinski definition) is 0. The van der Waals surface area contributed by atoms with E-state index in [2.05, 4.69) is 33.7 Å². The number of aromatic nitrogens is 2. The van der Waals surface area contributed by atoms with Gasteiger partial charge < -0.3 is 4.55 Å². The second-order valence-electron chi connectivity index (χ2n) is 11.2. The minimum atomic E-state index is -4.33. The summed E-state index contributed by atoms with van der Waals surface area (Å²) in [5.74, 6) is -0.847. The number of nitrogens with zero attached hydrogens (tertiary/aromatic N) is 3. The fourth-order valence-corrected chi connectivity index (χ4v) is 11.6. The van der Waals surface area contributed by atoms with E-state index in [-0.39, 0.29) is 62.5 Å². The Morgan fingerprint density at radius 1 is 0.898 bits per heavy atom. The van der Waals surface area contributed by atoms with Crippen LogP contribution < -0.4 is 53.8 Å². The van der Waals surface area contributed by atoms with E-state index in [0.29, 0.717) is 30.6 Å². The van der Waals surface area contributed by atoms with Crippen LogP contribution in [-0.2, 0) is 33.3 Å². The van der Waals surface area contributed by atoms with Crippen LogP contribution in [0.25, 0.3) is 32.7 Å². The maximum Gasteiger partial charge on any atom is 1.00 e. The zero-order chi connectivity index (χ0) is 34.1. The molecule has 0 N–H and O–H groups in total. The summed E-state index contributed by atoms with van der Waals surface area (Å²) in [6.07, 6.45) is 6.73. The van der Waals surface area contributed by atoms with Crippen LogP contribution in [-0.4, -0.2) is 63.1 Å². The molecule has 49 heavy (non-hydrogen) atoms. The first-order valence-corrected chi connectivity index (χ1v) is 21.8. The predicted molar refractivity (Wildman–Crippen MR) is 191 cm³/mol. The molecule has 0 atom stereocenters. The molecule has 0 unspecified atom stereocenters. The molecule has 0 radical (unpaired) electrons. The van der Waals surface area contributed by atoms with Gasteiger partial charge in [-0.05, 0) is 0 Å². The van der Waals surface area contributed by atoms with E-state index < -0.39 is 31.7 Å². The molecule has 0 saturated carbocycles. The topological polar surface area (TPSA) is 144 Å². The summed E-state index contributed by atoms with van der Waals surface area (Å²) in [6.45, 7) is 3.28. The first-order chi connectivity index (χ1) is 22.9. The van der Waals surface area contributed by atoms with Crippen LogP contribution in [0, 0.1) is 0 Å². The van der Waals surface area contributed by atoms with Crippen molar-refractivity contribution in [2.75, 3.05) is 23.0 Å². The molecule has 0 saturated heterocycles. The average molecular weight is 813 g/mol. The average Bonchev–Trinajstić information content (AvgIpc) is 3.67. The van der Waals surface area contributed by atoms with Crippen LogP contribution in [0.4, 0.5) is 5.69 Å². The number of anilines is 1. The Hall–Kier alpha value is -2.01. The van der Waals surface area contributed by atoms with Crippen molar-refractivity contribution < 1.29 is 60.1 Å². The van der Waals surface area contributed by atoms with E-state index in [4.69, 9.17) is 0 Å². The molecule has 6 rings (SSSR count). The van der Waals surface area contributed by atoms with Crippen molar-refractivity contribution in [3.05, 3.63) is 95.9 Å². The molecule has 10 nitrogen and oxygen atoms in total. The van der Waals surface area contributed by atoms with E-state index in [1.54, 1.807) is 16.3 Å². The zero-order valence-corrected chi connectivity index (χ0v) is 33.9. The number of unbranched alkanes of at least 4 members (excludes halogenated alkanes) is 1. The summed E-state index contributed by atoms with van der Waals surface area (Å²) in [5, 5.41) is 3.11. The van der Waals surface area contributed by atoms with Crippen molar-refractivity contribution in [3.8, 4) is 0 Å². The molecule has 0 bridgehead atoms. The van der Waals surface area contributed by atoms with Crippen molar-refractivity contribution in [1.29, 1.82) is 0 Å². The van der Waals surface area contributed by atoms with Crippen molar-refractivity contribution in [1.82, 2.24) is 4.57 Å². The summed E-state index contributed by atoms with van der Waals surface area (Å²) in [4.78, 5) is 16.8. The van der Waals surface area contributed by atoms with E-state index in [9.17, 15) is 30.7 Å². The molecule has 0 aliphatic carbocycles. The van der Waals surface area contributed by atoms with Gasteiger partial charge in [-0.2, -0.15) is 0 Å². The summed E-state index contributed by atoms with van der Waals surface area (Å²) in [6, 6.07) is 20.1. The second kappa shape index (κ2) is 16.1. The quantitative estimate of drug-likeness (QED) is 0.0732. The smallest absolute Gasteiger partial charge is 1.00 e. The van der Waals surface area contributed by atoms with Gasteiger partial charge in [-0.25, -0.2) is 8.42 Å². The van der Waals surface area contributed by atoms with Crippen molar-refractivity contribution in [2.45, 2.75) is 44.2 Å². The van der Waals surface area contributed by atoms with Gasteiger partial charge >= 0.3 is 277 Å². The van der Waals surface area contributed by atoms with Crippen LogP contribution >= 0.6 is 23.1 Å². The Morgan fingerprint density at radius 3 is 2.37 bits per heavy atom. The molecule has 16 heteroatoms. The standard InChI is InChI=1S/C33H33N3O7S4Se.Na/c1-2-34-30(22-31-36(19-9-21-47(41,42)43)25-12-5-6-13-28(25)48-31)44-27(33(34)37)16-17-29-35(18-7-8-20-46(38,39)40)26-15-14-23-10-3-4-11-24(23)32(26)45-29;/h3-6,10-17,22H,2,7-9,18-21H2,1H3,(H-,38,39,40,41,42,43);/q;+1/p-1. The minimum absolute atomic E-state index is 0.